The third kappa shape index (κ3) is 3.55. The first kappa shape index (κ1) is 18.4. The van der Waals surface area contributed by atoms with Gasteiger partial charge in [0.1, 0.15) is 11.5 Å². The maximum Gasteiger partial charge on any atom is 0.267 e. The van der Waals surface area contributed by atoms with Gasteiger partial charge in [-0.2, -0.15) is 0 Å². The Labute approximate surface area is 161 Å². The fraction of sp³-hybridized carbons (Fsp3) is 0.273. The average molecular weight is 380 g/mol. The second kappa shape index (κ2) is 7.56. The lowest BCUT2D eigenvalue weighted by Gasteiger charge is -2.38. The van der Waals surface area contributed by atoms with E-state index in [0.29, 0.717) is 43.4 Å². The monoisotopic (exact) mass is 380 g/mol. The van der Waals surface area contributed by atoms with Gasteiger partial charge in [-0.3, -0.25) is 9.59 Å². The van der Waals surface area contributed by atoms with Gasteiger partial charge in [-0.05, 0) is 48.1 Å². The van der Waals surface area contributed by atoms with Gasteiger partial charge >= 0.3 is 0 Å². The predicted molar refractivity (Wildman–Crippen MR) is 105 cm³/mol. The maximum absolute atomic E-state index is 13.8. The first-order valence-corrected chi connectivity index (χ1v) is 9.31. The molecule has 144 valence electrons. The minimum Gasteiger partial charge on any atom is -0.381 e. The molecule has 1 aliphatic heterocycles. The van der Waals surface area contributed by atoms with Crippen molar-refractivity contribution in [3.8, 4) is 0 Å². The fourth-order valence-electron chi connectivity index (χ4n) is 3.83. The molecule has 1 aliphatic rings. The van der Waals surface area contributed by atoms with Crippen LogP contribution in [0.5, 0.6) is 0 Å². The molecule has 0 atom stereocenters. The molecule has 1 aromatic heterocycles. The molecule has 0 bridgehead atoms. The summed E-state index contributed by atoms with van der Waals surface area (Å²) >= 11 is 0. The second-order valence-electron chi connectivity index (χ2n) is 7.19. The maximum atomic E-state index is 13.8. The Balaban J connectivity index is 1.59. The van der Waals surface area contributed by atoms with Gasteiger partial charge in [0, 0.05) is 30.6 Å². The molecular weight excluding hydrogens is 359 g/mol. The number of carbonyl (C=O) groups is 1. The van der Waals surface area contributed by atoms with Crippen LogP contribution in [0.3, 0.4) is 0 Å². The van der Waals surface area contributed by atoms with E-state index in [2.05, 4.69) is 10.3 Å². The van der Waals surface area contributed by atoms with E-state index in [1.807, 2.05) is 12.1 Å². The first-order valence-electron chi connectivity index (χ1n) is 9.31. The number of amides is 1. The van der Waals surface area contributed by atoms with Crippen LogP contribution in [-0.4, -0.2) is 30.6 Å². The smallest absolute Gasteiger partial charge is 0.267 e. The highest BCUT2D eigenvalue weighted by atomic mass is 19.1. The molecule has 2 heterocycles. The number of carbonyl (C=O) groups excluding carboxylic acids is 1. The van der Waals surface area contributed by atoms with Gasteiger partial charge < -0.3 is 15.0 Å². The minimum absolute atomic E-state index is 0.213. The number of hydrogen-bond acceptors (Lipinski definition) is 3. The Hall–Kier alpha value is -2.99. The van der Waals surface area contributed by atoms with E-state index in [-0.39, 0.29) is 23.0 Å². The van der Waals surface area contributed by atoms with Gasteiger partial charge in [0.15, 0.2) is 0 Å². The molecule has 2 N–H and O–H groups in total. The van der Waals surface area contributed by atoms with Crippen molar-refractivity contribution in [2.45, 2.75) is 18.3 Å². The quantitative estimate of drug-likeness (QED) is 0.730. The normalized spacial score (nSPS) is 16.0. The van der Waals surface area contributed by atoms with Crippen LogP contribution in [0.1, 0.15) is 28.9 Å². The standard InChI is InChI=1S/C22H21FN2O3/c23-17-6-3-5-16(13-17)22(8-10-28-11-9-22)14-24-21(27)19-12-15-4-1-2-7-18(15)20(26)25-19/h1-7,12-13H,8-11,14H2,(H,24,27)(H,25,26). The highest BCUT2D eigenvalue weighted by Crippen LogP contribution is 2.34. The number of fused-ring (bicyclic) bond motifs is 1. The summed E-state index contributed by atoms with van der Waals surface area (Å²) in [6, 6.07) is 15.3. The number of benzene rings is 2. The summed E-state index contributed by atoms with van der Waals surface area (Å²) in [4.78, 5) is 27.6. The predicted octanol–water partition coefficient (Wildman–Crippen LogP) is 3.15. The number of rotatable bonds is 4. The highest BCUT2D eigenvalue weighted by molar-refractivity contribution is 5.96. The molecule has 5 nitrogen and oxygen atoms in total. The number of H-pyrrole nitrogens is 1. The lowest BCUT2D eigenvalue weighted by molar-refractivity contribution is 0.0486. The van der Waals surface area contributed by atoms with Crippen molar-refractivity contribution in [2.75, 3.05) is 19.8 Å². The molecule has 6 heteroatoms. The van der Waals surface area contributed by atoms with Gasteiger partial charge in [-0.1, -0.05) is 30.3 Å². The van der Waals surface area contributed by atoms with E-state index in [9.17, 15) is 14.0 Å². The zero-order chi connectivity index (χ0) is 19.6. The third-order valence-corrected chi connectivity index (χ3v) is 5.47. The summed E-state index contributed by atoms with van der Waals surface area (Å²) in [7, 11) is 0. The molecule has 1 saturated heterocycles. The molecule has 28 heavy (non-hydrogen) atoms. The molecule has 3 aromatic rings. The van der Waals surface area contributed by atoms with E-state index in [1.165, 1.54) is 12.1 Å². The summed E-state index contributed by atoms with van der Waals surface area (Å²) < 4.78 is 19.3. The van der Waals surface area contributed by atoms with E-state index in [4.69, 9.17) is 4.74 Å². The van der Waals surface area contributed by atoms with E-state index >= 15 is 0 Å². The van der Waals surface area contributed by atoms with Crippen LogP contribution < -0.4 is 10.9 Å². The zero-order valence-electron chi connectivity index (χ0n) is 15.3. The summed E-state index contributed by atoms with van der Waals surface area (Å²) in [6.07, 6.45) is 1.37. The van der Waals surface area contributed by atoms with Crippen molar-refractivity contribution in [3.63, 3.8) is 0 Å². The van der Waals surface area contributed by atoms with Crippen molar-refractivity contribution in [2.24, 2.45) is 0 Å². The lowest BCUT2D eigenvalue weighted by atomic mass is 9.74. The number of halogens is 1. The molecule has 4 rings (SSSR count). The molecule has 2 aromatic carbocycles. The topological polar surface area (TPSA) is 71.2 Å². The average Bonchev–Trinajstić information content (AvgIpc) is 2.73. The van der Waals surface area contributed by atoms with Crippen LogP contribution in [0.25, 0.3) is 10.8 Å². The number of nitrogens with one attached hydrogen (secondary N) is 2. The molecular formula is C22H21FN2O3. The summed E-state index contributed by atoms with van der Waals surface area (Å²) in [5, 5.41) is 4.18. The van der Waals surface area contributed by atoms with Crippen LogP contribution in [0.4, 0.5) is 4.39 Å². The van der Waals surface area contributed by atoms with Crippen molar-refractivity contribution in [1.82, 2.24) is 10.3 Å². The minimum atomic E-state index is -0.396. The number of aromatic amines is 1. The van der Waals surface area contributed by atoms with Crippen LogP contribution in [-0.2, 0) is 10.2 Å². The molecule has 0 radical (unpaired) electrons. The second-order valence-corrected chi connectivity index (χ2v) is 7.19. The van der Waals surface area contributed by atoms with Crippen molar-refractivity contribution < 1.29 is 13.9 Å². The van der Waals surface area contributed by atoms with Gasteiger partial charge in [0.2, 0.25) is 0 Å². The summed E-state index contributed by atoms with van der Waals surface area (Å²) in [5.74, 6) is -0.654. The Morgan fingerprint density at radius 1 is 1.11 bits per heavy atom. The van der Waals surface area contributed by atoms with Gasteiger partial charge in [-0.25, -0.2) is 4.39 Å². The third-order valence-electron chi connectivity index (χ3n) is 5.47. The Kier molecular flexibility index (Phi) is 4.96. The van der Waals surface area contributed by atoms with Crippen LogP contribution in [0.15, 0.2) is 59.4 Å². The van der Waals surface area contributed by atoms with Crippen molar-refractivity contribution in [1.29, 1.82) is 0 Å². The summed E-state index contributed by atoms with van der Waals surface area (Å²) in [6.45, 7) is 1.45. The van der Waals surface area contributed by atoms with E-state index in [0.717, 1.165) is 5.56 Å². The first-order chi connectivity index (χ1) is 13.6. The van der Waals surface area contributed by atoms with Crippen molar-refractivity contribution in [3.05, 3.63) is 82.0 Å². The van der Waals surface area contributed by atoms with Gasteiger partial charge in [0.05, 0.1) is 0 Å². The van der Waals surface area contributed by atoms with Gasteiger partial charge in [0.25, 0.3) is 11.5 Å². The Bertz CT molecular complexity index is 1070. The molecule has 0 spiro atoms. The highest BCUT2D eigenvalue weighted by Gasteiger charge is 2.35. The van der Waals surface area contributed by atoms with Crippen LogP contribution in [0, 0.1) is 5.82 Å². The molecule has 0 saturated carbocycles. The SMILES string of the molecule is O=C(NCC1(c2cccc(F)c2)CCOCC1)c1cc2ccccc2c(=O)[nH]1. The molecule has 0 aliphatic carbocycles. The number of ether oxygens (including phenoxy) is 1. The summed E-state index contributed by atoms with van der Waals surface area (Å²) in [5.41, 5.74) is 0.370. The molecule has 1 amide bonds. The number of hydrogen-bond donors (Lipinski definition) is 2. The Morgan fingerprint density at radius 3 is 2.68 bits per heavy atom. The molecule has 1 fully saturated rings. The fourth-order valence-corrected chi connectivity index (χ4v) is 3.83. The molecule has 0 unspecified atom stereocenters. The number of aromatic nitrogens is 1. The van der Waals surface area contributed by atoms with Crippen LogP contribution >= 0.6 is 0 Å². The zero-order valence-corrected chi connectivity index (χ0v) is 15.3. The van der Waals surface area contributed by atoms with E-state index < -0.39 is 5.41 Å². The Morgan fingerprint density at radius 2 is 1.89 bits per heavy atom. The van der Waals surface area contributed by atoms with Gasteiger partial charge in [-0.15, -0.1) is 0 Å². The lowest BCUT2D eigenvalue weighted by Crippen LogP contribution is -2.45. The van der Waals surface area contributed by atoms with E-state index in [1.54, 1.807) is 30.3 Å². The number of pyridine rings is 1. The van der Waals surface area contributed by atoms with Crippen LogP contribution in [0.2, 0.25) is 0 Å². The largest absolute Gasteiger partial charge is 0.381 e. The van der Waals surface area contributed by atoms with Crippen molar-refractivity contribution >= 4 is 16.7 Å².